The lowest BCUT2D eigenvalue weighted by atomic mass is 10.0. The highest BCUT2D eigenvalue weighted by Gasteiger charge is 2.25. The third-order valence-corrected chi connectivity index (χ3v) is 7.12. The monoisotopic (exact) mass is 473 g/mol. The number of thiophene rings is 1. The maximum Gasteiger partial charge on any atom is 0.431 e. The largest absolute Gasteiger partial charge is 0.431 e. The molecule has 1 atom stereocenters. The zero-order valence-corrected chi connectivity index (χ0v) is 19.4. The van der Waals surface area contributed by atoms with Gasteiger partial charge in [0.15, 0.2) is 0 Å². The highest BCUT2D eigenvalue weighted by Crippen LogP contribution is 2.48. The van der Waals surface area contributed by atoms with Gasteiger partial charge < -0.3 is 9.05 Å². The lowest BCUT2D eigenvalue weighted by Crippen LogP contribution is -2.13. The van der Waals surface area contributed by atoms with Crippen molar-refractivity contribution >= 4 is 51.6 Å². The van der Waals surface area contributed by atoms with Gasteiger partial charge in [-0.15, -0.1) is 11.3 Å². The normalized spacial score (nSPS) is 12.9. The molecular formula is C26H20NO4PS. The molecule has 0 spiro atoms. The van der Waals surface area contributed by atoms with Crippen molar-refractivity contribution in [3.8, 4) is 16.9 Å². The SMILES string of the molecule is CP(=O)(OC(=O)Nc1ccc2ccccc2c1)Oc1csc2ccc(-c3ccccc3)cc12. The number of benzene rings is 4. The Labute approximate surface area is 195 Å². The summed E-state index contributed by atoms with van der Waals surface area (Å²) >= 11 is 1.48. The number of hydrogen-bond donors (Lipinski definition) is 1. The minimum absolute atomic E-state index is 0.428. The molecule has 5 rings (SSSR count). The van der Waals surface area contributed by atoms with E-state index in [1.807, 2.05) is 84.9 Å². The predicted molar refractivity (Wildman–Crippen MR) is 135 cm³/mol. The van der Waals surface area contributed by atoms with Crippen LogP contribution in [0, 0.1) is 0 Å². The quantitative estimate of drug-likeness (QED) is 0.262. The highest BCUT2D eigenvalue weighted by molar-refractivity contribution is 7.54. The Bertz CT molecular complexity index is 1510. The molecule has 1 amide bonds. The van der Waals surface area contributed by atoms with Crippen LogP contribution in [0.4, 0.5) is 10.5 Å². The van der Waals surface area contributed by atoms with E-state index >= 15 is 0 Å². The summed E-state index contributed by atoms with van der Waals surface area (Å²) in [7, 11) is -3.72. The van der Waals surface area contributed by atoms with Gasteiger partial charge in [-0.05, 0) is 46.2 Å². The van der Waals surface area contributed by atoms with Gasteiger partial charge in [0, 0.05) is 21.2 Å². The van der Waals surface area contributed by atoms with Crippen molar-refractivity contribution < 1.29 is 18.4 Å². The maximum absolute atomic E-state index is 13.0. The van der Waals surface area contributed by atoms with E-state index in [0.29, 0.717) is 11.4 Å². The fourth-order valence-electron chi connectivity index (χ4n) is 3.64. The van der Waals surface area contributed by atoms with Gasteiger partial charge in [-0.1, -0.05) is 66.7 Å². The van der Waals surface area contributed by atoms with E-state index in [4.69, 9.17) is 9.05 Å². The molecule has 0 aliphatic rings. The molecule has 5 nitrogen and oxygen atoms in total. The Hall–Kier alpha value is -3.60. The molecule has 1 unspecified atom stereocenters. The molecule has 0 bridgehead atoms. The zero-order chi connectivity index (χ0) is 22.8. The number of hydrogen-bond acceptors (Lipinski definition) is 5. The van der Waals surface area contributed by atoms with Gasteiger partial charge in [0.25, 0.3) is 0 Å². The Morgan fingerprint density at radius 1 is 0.848 bits per heavy atom. The Morgan fingerprint density at radius 3 is 2.42 bits per heavy atom. The first-order chi connectivity index (χ1) is 16.0. The number of carbonyl (C=O) groups is 1. The number of carbonyl (C=O) groups excluding carboxylic acids is 1. The number of rotatable bonds is 5. The molecule has 0 radical (unpaired) electrons. The molecule has 4 aromatic carbocycles. The van der Waals surface area contributed by atoms with Crippen molar-refractivity contribution in [2.45, 2.75) is 0 Å². The minimum atomic E-state index is -3.72. The van der Waals surface area contributed by atoms with E-state index in [-0.39, 0.29) is 0 Å². The first-order valence-electron chi connectivity index (χ1n) is 10.3. The van der Waals surface area contributed by atoms with Crippen LogP contribution in [0.25, 0.3) is 32.0 Å². The fourth-order valence-corrected chi connectivity index (χ4v) is 5.45. The summed E-state index contributed by atoms with van der Waals surface area (Å²) in [4.78, 5) is 12.4. The number of anilines is 1. The third-order valence-electron chi connectivity index (χ3n) is 5.15. The van der Waals surface area contributed by atoms with Gasteiger partial charge in [-0.2, -0.15) is 0 Å². The van der Waals surface area contributed by atoms with E-state index < -0.39 is 13.7 Å². The van der Waals surface area contributed by atoms with Crippen LogP contribution in [0.2, 0.25) is 0 Å². The topological polar surface area (TPSA) is 64.6 Å². The van der Waals surface area contributed by atoms with Gasteiger partial charge in [-0.3, -0.25) is 5.32 Å². The smallest absolute Gasteiger partial charge is 0.415 e. The molecule has 0 aliphatic carbocycles. The summed E-state index contributed by atoms with van der Waals surface area (Å²) < 4.78 is 24.9. The molecule has 33 heavy (non-hydrogen) atoms. The molecule has 1 aromatic heterocycles. The van der Waals surface area contributed by atoms with Gasteiger partial charge in [0.2, 0.25) is 0 Å². The van der Waals surface area contributed by atoms with Gasteiger partial charge in [0.1, 0.15) is 5.75 Å². The predicted octanol–water partition coefficient (Wildman–Crippen LogP) is 8.17. The zero-order valence-electron chi connectivity index (χ0n) is 17.7. The molecule has 0 aliphatic heterocycles. The summed E-state index contributed by atoms with van der Waals surface area (Å²) in [6.07, 6.45) is -0.833. The summed E-state index contributed by atoms with van der Waals surface area (Å²) in [5.74, 6) is 0.428. The number of fused-ring (bicyclic) bond motifs is 2. The van der Waals surface area contributed by atoms with Gasteiger partial charge in [-0.25, -0.2) is 9.36 Å². The van der Waals surface area contributed by atoms with Crippen LogP contribution >= 0.6 is 18.9 Å². The standard InChI is InChI=1S/C26H20NO4PS/c1-32(29,31-26(28)27-22-13-11-19-9-5-6-10-20(19)15-22)30-24-17-33-25-14-12-21(16-23(24)25)18-7-3-2-4-8-18/h2-17H,1H3,(H,27,28). The first-order valence-corrected chi connectivity index (χ1v) is 13.2. The van der Waals surface area contributed by atoms with E-state index in [0.717, 1.165) is 32.0 Å². The number of nitrogens with one attached hydrogen (secondary N) is 1. The molecule has 164 valence electrons. The second-order valence-corrected chi connectivity index (χ2v) is 10.4. The lowest BCUT2D eigenvalue weighted by Gasteiger charge is -2.15. The maximum atomic E-state index is 13.0. The Morgan fingerprint density at radius 2 is 1.61 bits per heavy atom. The average Bonchev–Trinajstić information content (AvgIpc) is 3.20. The van der Waals surface area contributed by atoms with Crippen LogP contribution in [0.3, 0.4) is 0 Å². The lowest BCUT2D eigenvalue weighted by molar-refractivity contribution is 0.209. The molecule has 1 N–H and O–H groups in total. The van der Waals surface area contributed by atoms with Crippen LogP contribution in [0.1, 0.15) is 0 Å². The minimum Gasteiger partial charge on any atom is -0.415 e. The van der Waals surface area contributed by atoms with Crippen LogP contribution in [0.5, 0.6) is 5.75 Å². The second-order valence-electron chi connectivity index (χ2n) is 7.61. The van der Waals surface area contributed by atoms with E-state index in [1.54, 1.807) is 11.4 Å². The van der Waals surface area contributed by atoms with Crippen LogP contribution in [0.15, 0.2) is 96.4 Å². The first kappa shape index (κ1) is 21.3. The van der Waals surface area contributed by atoms with E-state index in [1.165, 1.54) is 18.0 Å². The van der Waals surface area contributed by atoms with Gasteiger partial charge in [0.05, 0.1) is 6.66 Å². The summed E-state index contributed by atoms with van der Waals surface area (Å²) in [6, 6.07) is 29.3. The van der Waals surface area contributed by atoms with Crippen molar-refractivity contribution in [1.29, 1.82) is 0 Å². The highest BCUT2D eigenvalue weighted by atomic mass is 32.1. The summed E-state index contributed by atoms with van der Waals surface area (Å²) in [6.45, 7) is 1.29. The van der Waals surface area contributed by atoms with Crippen molar-refractivity contribution in [3.63, 3.8) is 0 Å². The molecule has 0 saturated heterocycles. The Kier molecular flexibility index (Phi) is 5.63. The van der Waals surface area contributed by atoms with E-state index in [2.05, 4.69) is 5.32 Å². The van der Waals surface area contributed by atoms with Crippen LogP contribution in [-0.2, 0) is 9.09 Å². The summed E-state index contributed by atoms with van der Waals surface area (Å²) in [5.41, 5.74) is 2.64. The van der Waals surface area contributed by atoms with Gasteiger partial charge >= 0.3 is 13.7 Å². The van der Waals surface area contributed by atoms with E-state index in [9.17, 15) is 9.36 Å². The van der Waals surface area contributed by atoms with Crippen molar-refractivity contribution in [2.24, 2.45) is 0 Å². The van der Waals surface area contributed by atoms with Crippen molar-refractivity contribution in [2.75, 3.05) is 12.0 Å². The van der Waals surface area contributed by atoms with Crippen LogP contribution < -0.4 is 9.84 Å². The third kappa shape index (κ3) is 4.77. The molecule has 5 aromatic rings. The second kappa shape index (κ2) is 8.74. The Balaban J connectivity index is 1.32. The molecule has 0 fully saturated rings. The van der Waals surface area contributed by atoms with Crippen LogP contribution in [-0.4, -0.2) is 12.8 Å². The molecule has 0 saturated carbocycles. The average molecular weight is 473 g/mol. The van der Waals surface area contributed by atoms with Crippen molar-refractivity contribution in [1.82, 2.24) is 0 Å². The molecule has 1 heterocycles. The summed E-state index contributed by atoms with van der Waals surface area (Å²) in [5, 5.41) is 7.26. The van der Waals surface area contributed by atoms with Crippen molar-refractivity contribution in [3.05, 3.63) is 96.4 Å². The fraction of sp³-hybridized carbons (Fsp3) is 0.0385. The molecular weight excluding hydrogens is 453 g/mol. The molecule has 7 heteroatoms. The number of amides is 1.